The standard InChI is InChI=1S/C17H27NO2S/c1-5-7-18-17(4,16(19)20)6-8-21-12-15-10-13(2)9-14(3)11-15/h9-11,18H,5-8,12H2,1-4H3,(H,19,20). The van der Waals surface area contributed by atoms with Gasteiger partial charge >= 0.3 is 5.97 Å². The van der Waals surface area contributed by atoms with Crippen LogP contribution in [0.2, 0.25) is 0 Å². The maximum absolute atomic E-state index is 11.4. The average molecular weight is 309 g/mol. The van der Waals surface area contributed by atoms with Gasteiger partial charge in [0.05, 0.1) is 0 Å². The summed E-state index contributed by atoms with van der Waals surface area (Å²) in [5.41, 5.74) is 3.07. The number of nitrogens with one attached hydrogen (secondary N) is 1. The molecule has 2 N–H and O–H groups in total. The molecule has 1 unspecified atom stereocenters. The van der Waals surface area contributed by atoms with Crippen molar-refractivity contribution in [3.8, 4) is 0 Å². The molecule has 1 aromatic carbocycles. The lowest BCUT2D eigenvalue weighted by Crippen LogP contribution is -2.50. The maximum atomic E-state index is 11.4. The van der Waals surface area contributed by atoms with Crippen LogP contribution in [0.4, 0.5) is 0 Å². The number of hydrogen-bond acceptors (Lipinski definition) is 3. The van der Waals surface area contributed by atoms with Gasteiger partial charge in [0, 0.05) is 5.75 Å². The van der Waals surface area contributed by atoms with Gasteiger partial charge in [-0.05, 0) is 51.5 Å². The number of thioether (sulfide) groups is 1. The predicted molar refractivity (Wildman–Crippen MR) is 91.0 cm³/mol. The van der Waals surface area contributed by atoms with Crippen LogP contribution in [0.3, 0.4) is 0 Å². The van der Waals surface area contributed by atoms with E-state index in [2.05, 4.69) is 37.4 Å². The van der Waals surface area contributed by atoms with Crippen LogP contribution in [0.1, 0.15) is 43.4 Å². The quantitative estimate of drug-likeness (QED) is 0.682. The minimum Gasteiger partial charge on any atom is -0.480 e. The average Bonchev–Trinajstić information content (AvgIpc) is 2.40. The fraction of sp³-hybridized carbons (Fsp3) is 0.588. The molecule has 21 heavy (non-hydrogen) atoms. The lowest BCUT2D eigenvalue weighted by molar-refractivity contribution is -0.144. The van der Waals surface area contributed by atoms with Crippen molar-refractivity contribution in [2.45, 2.75) is 51.8 Å². The summed E-state index contributed by atoms with van der Waals surface area (Å²) in [5.74, 6) is 1.02. The molecule has 0 aliphatic heterocycles. The van der Waals surface area contributed by atoms with Gasteiger partial charge in [0.15, 0.2) is 0 Å². The van der Waals surface area contributed by atoms with Gasteiger partial charge in [-0.2, -0.15) is 11.8 Å². The van der Waals surface area contributed by atoms with Gasteiger partial charge in [-0.1, -0.05) is 36.2 Å². The van der Waals surface area contributed by atoms with E-state index in [9.17, 15) is 9.90 Å². The topological polar surface area (TPSA) is 49.3 Å². The van der Waals surface area contributed by atoms with Crippen LogP contribution in [-0.2, 0) is 10.5 Å². The van der Waals surface area contributed by atoms with Crippen LogP contribution in [0.15, 0.2) is 18.2 Å². The molecule has 1 rings (SSSR count). The third-order valence-electron chi connectivity index (χ3n) is 3.53. The molecule has 0 radical (unpaired) electrons. The first kappa shape index (κ1) is 18.1. The Labute approximate surface area is 132 Å². The zero-order valence-corrected chi connectivity index (χ0v) is 14.3. The van der Waals surface area contributed by atoms with Crippen LogP contribution < -0.4 is 5.32 Å². The van der Waals surface area contributed by atoms with Gasteiger partial charge in [-0.3, -0.25) is 4.79 Å². The SMILES string of the molecule is CCCNC(C)(CCSCc1cc(C)cc(C)c1)C(=O)O. The second-order valence-corrected chi connectivity index (χ2v) is 6.97. The van der Waals surface area contributed by atoms with E-state index in [1.807, 2.05) is 6.92 Å². The van der Waals surface area contributed by atoms with Crippen LogP contribution in [0, 0.1) is 13.8 Å². The van der Waals surface area contributed by atoms with Gasteiger partial charge in [-0.15, -0.1) is 0 Å². The first-order valence-corrected chi connectivity index (χ1v) is 8.66. The summed E-state index contributed by atoms with van der Waals surface area (Å²) in [6.07, 6.45) is 1.58. The van der Waals surface area contributed by atoms with E-state index in [0.717, 1.165) is 24.5 Å². The van der Waals surface area contributed by atoms with Crippen molar-refractivity contribution in [2.75, 3.05) is 12.3 Å². The van der Waals surface area contributed by atoms with E-state index in [-0.39, 0.29) is 0 Å². The Kier molecular flexibility index (Phi) is 7.26. The summed E-state index contributed by atoms with van der Waals surface area (Å²) in [7, 11) is 0. The van der Waals surface area contributed by atoms with Crippen molar-refractivity contribution >= 4 is 17.7 Å². The molecule has 0 fully saturated rings. The highest BCUT2D eigenvalue weighted by atomic mass is 32.2. The number of aryl methyl sites for hydroxylation is 2. The Balaban J connectivity index is 2.45. The number of benzene rings is 1. The molecule has 0 amide bonds. The van der Waals surface area contributed by atoms with E-state index in [1.54, 1.807) is 18.7 Å². The fourth-order valence-electron chi connectivity index (χ4n) is 2.29. The highest BCUT2D eigenvalue weighted by molar-refractivity contribution is 7.98. The molecule has 3 nitrogen and oxygen atoms in total. The zero-order chi connectivity index (χ0) is 15.9. The summed E-state index contributed by atoms with van der Waals surface area (Å²) >= 11 is 1.80. The summed E-state index contributed by atoms with van der Waals surface area (Å²) in [5, 5.41) is 12.5. The van der Waals surface area contributed by atoms with Crippen molar-refractivity contribution < 1.29 is 9.90 Å². The zero-order valence-electron chi connectivity index (χ0n) is 13.5. The molecular weight excluding hydrogens is 282 g/mol. The largest absolute Gasteiger partial charge is 0.480 e. The van der Waals surface area contributed by atoms with E-state index in [1.165, 1.54) is 16.7 Å². The summed E-state index contributed by atoms with van der Waals surface area (Å²) in [6.45, 7) is 8.78. The highest BCUT2D eigenvalue weighted by Crippen LogP contribution is 2.20. The molecule has 4 heteroatoms. The monoisotopic (exact) mass is 309 g/mol. The highest BCUT2D eigenvalue weighted by Gasteiger charge is 2.31. The Morgan fingerprint density at radius 1 is 1.29 bits per heavy atom. The second kappa shape index (κ2) is 8.44. The Morgan fingerprint density at radius 3 is 2.43 bits per heavy atom. The van der Waals surface area contributed by atoms with E-state index in [0.29, 0.717) is 6.42 Å². The van der Waals surface area contributed by atoms with Crippen LogP contribution in [0.25, 0.3) is 0 Å². The van der Waals surface area contributed by atoms with Crippen molar-refractivity contribution in [3.63, 3.8) is 0 Å². The molecule has 1 atom stereocenters. The van der Waals surface area contributed by atoms with E-state index >= 15 is 0 Å². The normalized spacial score (nSPS) is 13.9. The fourth-order valence-corrected chi connectivity index (χ4v) is 3.39. The van der Waals surface area contributed by atoms with E-state index < -0.39 is 11.5 Å². The van der Waals surface area contributed by atoms with Crippen LogP contribution in [0.5, 0.6) is 0 Å². The van der Waals surface area contributed by atoms with Gasteiger partial charge in [0.1, 0.15) is 5.54 Å². The van der Waals surface area contributed by atoms with Crippen LogP contribution >= 0.6 is 11.8 Å². The minimum atomic E-state index is -0.814. The molecule has 0 heterocycles. The van der Waals surface area contributed by atoms with Crippen molar-refractivity contribution in [1.29, 1.82) is 0 Å². The Hall–Kier alpha value is -1.00. The molecule has 0 saturated heterocycles. The summed E-state index contributed by atoms with van der Waals surface area (Å²) < 4.78 is 0. The lowest BCUT2D eigenvalue weighted by atomic mass is 9.99. The van der Waals surface area contributed by atoms with Crippen LogP contribution in [-0.4, -0.2) is 28.9 Å². The van der Waals surface area contributed by atoms with Gasteiger partial charge in [-0.25, -0.2) is 0 Å². The second-order valence-electron chi connectivity index (χ2n) is 5.86. The third kappa shape index (κ3) is 6.10. The molecule has 0 saturated carbocycles. The molecule has 0 bridgehead atoms. The van der Waals surface area contributed by atoms with E-state index in [4.69, 9.17) is 0 Å². The first-order valence-electron chi connectivity index (χ1n) is 7.50. The lowest BCUT2D eigenvalue weighted by Gasteiger charge is -2.26. The number of carboxylic acid groups (broad SMARTS) is 1. The summed E-state index contributed by atoms with van der Waals surface area (Å²) in [4.78, 5) is 11.4. The maximum Gasteiger partial charge on any atom is 0.323 e. The number of aliphatic carboxylic acids is 1. The molecule has 0 spiro atoms. The molecule has 1 aromatic rings. The molecule has 0 aliphatic carbocycles. The molecular formula is C17H27NO2S. The Bertz CT molecular complexity index is 456. The molecule has 0 aromatic heterocycles. The van der Waals surface area contributed by atoms with Crippen molar-refractivity contribution in [2.24, 2.45) is 0 Å². The van der Waals surface area contributed by atoms with Gasteiger partial charge in [0.25, 0.3) is 0 Å². The number of carboxylic acids is 1. The summed E-state index contributed by atoms with van der Waals surface area (Å²) in [6, 6.07) is 6.57. The number of carbonyl (C=O) groups is 1. The third-order valence-corrected chi connectivity index (χ3v) is 4.56. The number of rotatable bonds is 9. The van der Waals surface area contributed by atoms with Crippen molar-refractivity contribution in [3.05, 3.63) is 34.9 Å². The number of hydrogen-bond donors (Lipinski definition) is 2. The Morgan fingerprint density at radius 2 is 1.90 bits per heavy atom. The van der Waals surface area contributed by atoms with Gasteiger partial charge in [0.2, 0.25) is 0 Å². The van der Waals surface area contributed by atoms with Gasteiger partial charge < -0.3 is 10.4 Å². The first-order chi connectivity index (χ1) is 9.87. The predicted octanol–water partition coefficient (Wildman–Crippen LogP) is 3.77. The minimum absolute atomic E-state index is 0.637. The van der Waals surface area contributed by atoms with Crippen molar-refractivity contribution in [1.82, 2.24) is 5.32 Å². The molecule has 118 valence electrons. The smallest absolute Gasteiger partial charge is 0.323 e. The molecule has 0 aliphatic rings.